The van der Waals surface area contributed by atoms with Crippen LogP contribution >= 0.6 is 0 Å². The van der Waals surface area contributed by atoms with Gasteiger partial charge >= 0.3 is 6.61 Å². The van der Waals surface area contributed by atoms with Crippen molar-refractivity contribution in [3.05, 3.63) is 64.2 Å². The lowest BCUT2D eigenvalue weighted by Gasteiger charge is -2.08. The molecule has 24 heavy (non-hydrogen) atoms. The molecular formula is C14H12F2N2O5S. The van der Waals surface area contributed by atoms with Crippen LogP contribution in [0.3, 0.4) is 0 Å². The number of hydrogen-bond acceptors (Lipinski definition) is 5. The number of nitrogens with zero attached hydrogens (tertiary/aromatic N) is 1. The maximum absolute atomic E-state index is 12.2. The summed E-state index contributed by atoms with van der Waals surface area (Å²) in [5.74, 6) is -0.0599. The van der Waals surface area contributed by atoms with E-state index in [2.05, 4.69) is 9.46 Å². The zero-order chi connectivity index (χ0) is 17.7. The molecule has 0 aliphatic heterocycles. The molecule has 128 valence electrons. The fraction of sp³-hybridized carbons (Fsp3) is 0.143. The summed E-state index contributed by atoms with van der Waals surface area (Å²) in [5.41, 5.74) is -0.0653. The lowest BCUT2D eigenvalue weighted by Crippen LogP contribution is -2.24. The third kappa shape index (κ3) is 4.46. The molecule has 2 aromatic carbocycles. The molecule has 0 aliphatic carbocycles. The molecule has 2 aromatic rings. The summed E-state index contributed by atoms with van der Waals surface area (Å²) >= 11 is 0. The zero-order valence-electron chi connectivity index (χ0n) is 12.1. The first-order valence-electron chi connectivity index (χ1n) is 6.56. The molecule has 1 N–H and O–H groups in total. The Morgan fingerprint density at radius 3 is 2.33 bits per heavy atom. The monoisotopic (exact) mass is 358 g/mol. The first-order chi connectivity index (χ1) is 11.3. The van der Waals surface area contributed by atoms with Crippen molar-refractivity contribution in [2.75, 3.05) is 0 Å². The fourth-order valence-corrected chi connectivity index (χ4v) is 3.07. The highest BCUT2D eigenvalue weighted by molar-refractivity contribution is 7.89. The van der Waals surface area contributed by atoms with Gasteiger partial charge in [0.25, 0.3) is 5.69 Å². The lowest BCUT2D eigenvalue weighted by atomic mass is 10.2. The van der Waals surface area contributed by atoms with Gasteiger partial charge < -0.3 is 4.74 Å². The number of sulfonamides is 1. The topological polar surface area (TPSA) is 98.5 Å². The number of nitro benzene ring substituents is 1. The average Bonchev–Trinajstić information content (AvgIpc) is 2.54. The predicted octanol–water partition coefficient (Wildman–Crippen LogP) is 2.67. The number of nitrogens with one attached hydrogen (secondary N) is 1. The van der Waals surface area contributed by atoms with Crippen molar-refractivity contribution in [3.63, 3.8) is 0 Å². The smallest absolute Gasteiger partial charge is 0.387 e. The number of halogens is 2. The molecule has 0 fully saturated rings. The molecule has 2 rings (SSSR count). The van der Waals surface area contributed by atoms with Crippen molar-refractivity contribution in [2.45, 2.75) is 18.1 Å². The van der Waals surface area contributed by atoms with Gasteiger partial charge in [0, 0.05) is 12.6 Å². The number of ether oxygens (including phenoxy) is 1. The van der Waals surface area contributed by atoms with Crippen molar-refractivity contribution >= 4 is 15.7 Å². The van der Waals surface area contributed by atoms with E-state index in [4.69, 9.17) is 0 Å². The largest absolute Gasteiger partial charge is 0.435 e. The summed E-state index contributed by atoms with van der Waals surface area (Å²) in [5, 5.41) is 10.9. The predicted molar refractivity (Wildman–Crippen MR) is 80.2 cm³/mol. The second kappa shape index (κ2) is 7.32. The molecule has 0 aromatic heterocycles. The minimum absolute atomic E-state index is 0.0599. The van der Waals surface area contributed by atoms with Gasteiger partial charge in [-0.25, -0.2) is 13.1 Å². The van der Waals surface area contributed by atoms with Gasteiger partial charge in [0.2, 0.25) is 10.0 Å². The highest BCUT2D eigenvalue weighted by Crippen LogP contribution is 2.23. The Hall–Kier alpha value is -2.59. The highest BCUT2D eigenvalue weighted by Gasteiger charge is 2.24. The minimum Gasteiger partial charge on any atom is -0.435 e. The molecular weight excluding hydrogens is 346 g/mol. The molecule has 10 heteroatoms. The number of rotatable bonds is 7. The van der Waals surface area contributed by atoms with Gasteiger partial charge in [-0.1, -0.05) is 24.3 Å². The van der Waals surface area contributed by atoms with Crippen LogP contribution in [0.25, 0.3) is 0 Å². The average molecular weight is 358 g/mol. The Labute approximate surface area is 136 Å². The van der Waals surface area contributed by atoms with Crippen molar-refractivity contribution in [3.8, 4) is 5.75 Å². The molecule has 0 bridgehead atoms. The van der Waals surface area contributed by atoms with Gasteiger partial charge in [0.1, 0.15) is 5.75 Å². The Bertz CT molecular complexity index is 825. The van der Waals surface area contributed by atoms with Crippen molar-refractivity contribution < 1.29 is 26.9 Å². The molecule has 0 aliphatic rings. The Balaban J connectivity index is 2.12. The van der Waals surface area contributed by atoms with Crippen LogP contribution in [0.2, 0.25) is 0 Å². The molecule has 0 spiro atoms. The van der Waals surface area contributed by atoms with E-state index in [1.807, 2.05) is 0 Å². The fourth-order valence-electron chi connectivity index (χ4n) is 1.88. The van der Waals surface area contributed by atoms with Crippen LogP contribution in [0.15, 0.2) is 53.4 Å². The lowest BCUT2D eigenvalue weighted by molar-refractivity contribution is -0.387. The Kier molecular flexibility index (Phi) is 5.42. The maximum Gasteiger partial charge on any atom is 0.387 e. The third-order valence-corrected chi connectivity index (χ3v) is 4.41. The summed E-state index contributed by atoms with van der Waals surface area (Å²) in [6.07, 6.45) is 0. The van der Waals surface area contributed by atoms with Crippen LogP contribution < -0.4 is 9.46 Å². The van der Waals surface area contributed by atoms with E-state index in [0.717, 1.165) is 12.1 Å². The third-order valence-electron chi connectivity index (χ3n) is 2.97. The van der Waals surface area contributed by atoms with Crippen molar-refractivity contribution in [1.29, 1.82) is 0 Å². The molecule has 7 nitrogen and oxygen atoms in total. The van der Waals surface area contributed by atoms with E-state index < -0.39 is 32.1 Å². The SMILES string of the molecule is O=[N+]([O-])c1ccccc1S(=O)(=O)NCc1ccc(OC(F)F)cc1. The summed E-state index contributed by atoms with van der Waals surface area (Å²) < 4.78 is 54.9. The summed E-state index contributed by atoms with van der Waals surface area (Å²) in [4.78, 5) is 9.67. The van der Waals surface area contributed by atoms with Crippen molar-refractivity contribution in [2.24, 2.45) is 0 Å². The molecule has 0 unspecified atom stereocenters. The summed E-state index contributed by atoms with van der Waals surface area (Å²) in [6, 6.07) is 10.3. The van der Waals surface area contributed by atoms with E-state index in [-0.39, 0.29) is 12.3 Å². The van der Waals surface area contributed by atoms with Gasteiger partial charge in [-0.3, -0.25) is 10.1 Å². The number of para-hydroxylation sites is 1. The Morgan fingerprint density at radius 2 is 1.75 bits per heavy atom. The van der Waals surface area contributed by atoms with E-state index >= 15 is 0 Å². The zero-order valence-corrected chi connectivity index (χ0v) is 12.9. The van der Waals surface area contributed by atoms with Crippen molar-refractivity contribution in [1.82, 2.24) is 4.72 Å². The Morgan fingerprint density at radius 1 is 1.12 bits per heavy atom. The molecule has 0 atom stereocenters. The maximum atomic E-state index is 12.2. The van der Waals surface area contributed by atoms with E-state index in [0.29, 0.717) is 5.56 Å². The summed E-state index contributed by atoms with van der Waals surface area (Å²) in [7, 11) is -4.11. The molecule has 0 heterocycles. The number of benzene rings is 2. The van der Waals surface area contributed by atoms with E-state index in [1.165, 1.54) is 36.4 Å². The second-order valence-corrected chi connectivity index (χ2v) is 6.31. The van der Waals surface area contributed by atoms with Crippen LogP contribution in [-0.2, 0) is 16.6 Å². The standard InChI is InChI=1S/C14H12F2N2O5S/c15-14(16)23-11-7-5-10(6-8-11)9-17-24(21,22)13-4-2-1-3-12(13)18(19)20/h1-8,14,17H,9H2. The van der Waals surface area contributed by atoms with Crippen LogP contribution in [-0.4, -0.2) is 20.0 Å². The molecule has 0 saturated carbocycles. The number of alkyl halides is 2. The molecule has 0 radical (unpaired) electrons. The van der Waals surface area contributed by atoms with E-state index in [1.54, 1.807) is 0 Å². The minimum atomic E-state index is -4.11. The van der Waals surface area contributed by atoms with E-state index in [9.17, 15) is 27.3 Å². The van der Waals surface area contributed by atoms with Gasteiger partial charge in [0.05, 0.1) is 4.92 Å². The quantitative estimate of drug-likeness (QED) is 0.606. The van der Waals surface area contributed by atoms with Crippen LogP contribution in [0, 0.1) is 10.1 Å². The number of nitro groups is 1. The number of hydrogen-bond donors (Lipinski definition) is 1. The van der Waals surface area contributed by atoms with Gasteiger partial charge in [-0.2, -0.15) is 8.78 Å². The molecule has 0 amide bonds. The van der Waals surface area contributed by atoms with Gasteiger partial charge in [-0.15, -0.1) is 0 Å². The van der Waals surface area contributed by atoms with Crippen LogP contribution in [0.4, 0.5) is 14.5 Å². The normalized spacial score (nSPS) is 11.5. The highest BCUT2D eigenvalue weighted by atomic mass is 32.2. The van der Waals surface area contributed by atoms with Gasteiger partial charge in [0.15, 0.2) is 4.90 Å². The second-order valence-electron chi connectivity index (χ2n) is 4.57. The first-order valence-corrected chi connectivity index (χ1v) is 8.05. The molecule has 0 saturated heterocycles. The van der Waals surface area contributed by atoms with Gasteiger partial charge in [-0.05, 0) is 23.8 Å². The van der Waals surface area contributed by atoms with Crippen LogP contribution in [0.1, 0.15) is 5.56 Å². The first kappa shape index (κ1) is 17.8. The van der Waals surface area contributed by atoms with Crippen LogP contribution in [0.5, 0.6) is 5.75 Å². The summed E-state index contributed by atoms with van der Waals surface area (Å²) in [6.45, 7) is -3.11.